The minimum atomic E-state index is -0.926. The van der Waals surface area contributed by atoms with Crippen LogP contribution >= 0.6 is 11.6 Å². The molecule has 1 fully saturated rings. The summed E-state index contributed by atoms with van der Waals surface area (Å²) in [5, 5.41) is 16.1. The summed E-state index contributed by atoms with van der Waals surface area (Å²) in [6.07, 6.45) is 2.61. The number of aliphatic hydroxyl groups is 1. The Morgan fingerprint density at radius 1 is 1.07 bits per heavy atom. The molecule has 144 valence electrons. The van der Waals surface area contributed by atoms with E-state index in [1.807, 2.05) is 49.4 Å². The lowest BCUT2D eigenvalue weighted by atomic mass is 9.84. The van der Waals surface area contributed by atoms with E-state index in [0.29, 0.717) is 36.5 Å². The summed E-state index contributed by atoms with van der Waals surface area (Å²) in [7, 11) is 0. The molecule has 1 saturated heterocycles. The molecule has 1 N–H and O–H groups in total. The topological polar surface area (TPSA) is 58.4 Å². The third kappa shape index (κ3) is 3.43. The smallest absolute Gasteiger partial charge is 0.257 e. The first-order valence-electron chi connectivity index (χ1n) is 9.36. The fourth-order valence-corrected chi connectivity index (χ4v) is 3.87. The Morgan fingerprint density at radius 2 is 1.71 bits per heavy atom. The van der Waals surface area contributed by atoms with Crippen LogP contribution in [0.15, 0.2) is 60.8 Å². The first kappa shape index (κ1) is 18.7. The molecule has 28 heavy (non-hydrogen) atoms. The summed E-state index contributed by atoms with van der Waals surface area (Å²) < 4.78 is 1.78. The van der Waals surface area contributed by atoms with Crippen molar-refractivity contribution in [3.05, 3.63) is 82.6 Å². The van der Waals surface area contributed by atoms with Crippen LogP contribution in [0.1, 0.15) is 34.5 Å². The second-order valence-corrected chi connectivity index (χ2v) is 7.66. The predicted octanol–water partition coefficient (Wildman–Crippen LogP) is 3.96. The van der Waals surface area contributed by atoms with Crippen molar-refractivity contribution in [2.24, 2.45) is 0 Å². The molecule has 3 aromatic rings. The molecule has 1 aliphatic heterocycles. The molecule has 2 heterocycles. The second kappa shape index (κ2) is 7.41. The van der Waals surface area contributed by atoms with E-state index in [9.17, 15) is 9.90 Å². The third-order valence-electron chi connectivity index (χ3n) is 5.50. The monoisotopic (exact) mass is 395 g/mol. The normalized spacial score (nSPS) is 16.2. The summed E-state index contributed by atoms with van der Waals surface area (Å²) >= 11 is 5.95. The van der Waals surface area contributed by atoms with E-state index in [2.05, 4.69) is 5.10 Å². The quantitative estimate of drug-likeness (QED) is 0.730. The number of para-hydroxylation sites is 1. The minimum absolute atomic E-state index is 0.0437. The number of carbonyl (C=O) groups is 1. The molecular weight excluding hydrogens is 374 g/mol. The number of hydrogen-bond acceptors (Lipinski definition) is 3. The van der Waals surface area contributed by atoms with Crippen LogP contribution in [0.2, 0.25) is 5.02 Å². The predicted molar refractivity (Wildman–Crippen MR) is 109 cm³/mol. The van der Waals surface area contributed by atoms with Crippen LogP contribution < -0.4 is 0 Å². The lowest BCUT2D eigenvalue weighted by Gasteiger charge is -2.38. The number of hydrogen-bond donors (Lipinski definition) is 1. The number of benzene rings is 2. The van der Waals surface area contributed by atoms with Crippen LogP contribution in [0.4, 0.5) is 0 Å². The number of rotatable bonds is 3. The maximum Gasteiger partial charge on any atom is 0.257 e. The largest absolute Gasteiger partial charge is 0.385 e. The van der Waals surface area contributed by atoms with E-state index >= 15 is 0 Å². The van der Waals surface area contributed by atoms with Gasteiger partial charge in [0.25, 0.3) is 5.91 Å². The van der Waals surface area contributed by atoms with E-state index in [0.717, 1.165) is 16.9 Å². The molecular formula is C22H22ClN3O2. The van der Waals surface area contributed by atoms with Crippen LogP contribution in [0.5, 0.6) is 0 Å². The van der Waals surface area contributed by atoms with E-state index in [1.54, 1.807) is 27.9 Å². The highest BCUT2D eigenvalue weighted by atomic mass is 35.5. The van der Waals surface area contributed by atoms with Gasteiger partial charge in [0, 0.05) is 18.1 Å². The van der Waals surface area contributed by atoms with Gasteiger partial charge >= 0.3 is 0 Å². The zero-order chi connectivity index (χ0) is 19.7. The number of amides is 1. The van der Waals surface area contributed by atoms with Gasteiger partial charge in [0.2, 0.25) is 0 Å². The molecule has 1 aliphatic rings. The van der Waals surface area contributed by atoms with Crippen molar-refractivity contribution in [3.63, 3.8) is 0 Å². The third-order valence-corrected chi connectivity index (χ3v) is 5.75. The highest BCUT2D eigenvalue weighted by molar-refractivity contribution is 6.30. The molecule has 0 aliphatic carbocycles. The lowest BCUT2D eigenvalue weighted by molar-refractivity contribution is -0.0211. The number of halogens is 1. The van der Waals surface area contributed by atoms with Gasteiger partial charge in [0.15, 0.2) is 0 Å². The zero-order valence-electron chi connectivity index (χ0n) is 15.7. The maximum absolute atomic E-state index is 13.0. The molecule has 1 aromatic heterocycles. The summed E-state index contributed by atoms with van der Waals surface area (Å²) in [6, 6.07) is 17.0. The van der Waals surface area contributed by atoms with Crippen LogP contribution in [0.3, 0.4) is 0 Å². The van der Waals surface area contributed by atoms with E-state index in [-0.39, 0.29) is 5.91 Å². The lowest BCUT2D eigenvalue weighted by Crippen LogP contribution is -2.45. The van der Waals surface area contributed by atoms with E-state index in [1.165, 1.54) is 0 Å². The van der Waals surface area contributed by atoms with Gasteiger partial charge in [0.1, 0.15) is 0 Å². The van der Waals surface area contributed by atoms with Crippen molar-refractivity contribution in [1.29, 1.82) is 0 Å². The Hall–Kier alpha value is -2.63. The van der Waals surface area contributed by atoms with Gasteiger partial charge in [-0.3, -0.25) is 4.79 Å². The first-order chi connectivity index (χ1) is 13.5. The second-order valence-electron chi connectivity index (χ2n) is 7.22. The Labute approximate surface area is 169 Å². The van der Waals surface area contributed by atoms with Gasteiger partial charge in [-0.15, -0.1) is 0 Å². The summed E-state index contributed by atoms with van der Waals surface area (Å²) in [6.45, 7) is 2.89. The van der Waals surface area contributed by atoms with Crippen LogP contribution in [0.25, 0.3) is 5.69 Å². The van der Waals surface area contributed by atoms with Gasteiger partial charge in [-0.25, -0.2) is 4.68 Å². The molecule has 0 spiro atoms. The van der Waals surface area contributed by atoms with Crippen molar-refractivity contribution in [2.45, 2.75) is 25.4 Å². The van der Waals surface area contributed by atoms with Crippen molar-refractivity contribution in [1.82, 2.24) is 14.7 Å². The molecule has 0 saturated carbocycles. The van der Waals surface area contributed by atoms with Gasteiger partial charge in [-0.05, 0) is 49.6 Å². The summed E-state index contributed by atoms with van der Waals surface area (Å²) in [4.78, 5) is 14.8. The highest BCUT2D eigenvalue weighted by Gasteiger charge is 2.36. The molecule has 0 radical (unpaired) electrons. The molecule has 2 aromatic carbocycles. The molecule has 5 nitrogen and oxygen atoms in total. The van der Waals surface area contributed by atoms with Crippen molar-refractivity contribution in [3.8, 4) is 5.69 Å². The average Bonchev–Trinajstić information content (AvgIpc) is 3.10. The molecule has 6 heteroatoms. The van der Waals surface area contributed by atoms with Crippen molar-refractivity contribution >= 4 is 17.5 Å². The Morgan fingerprint density at radius 3 is 2.36 bits per heavy atom. The number of aromatic nitrogens is 2. The van der Waals surface area contributed by atoms with Crippen LogP contribution in [-0.4, -0.2) is 38.8 Å². The highest BCUT2D eigenvalue weighted by Crippen LogP contribution is 2.34. The number of nitrogens with zero attached hydrogens (tertiary/aromatic N) is 3. The van der Waals surface area contributed by atoms with E-state index < -0.39 is 5.60 Å². The first-order valence-corrected chi connectivity index (χ1v) is 9.73. The average molecular weight is 396 g/mol. The Balaban J connectivity index is 1.49. The fourth-order valence-electron chi connectivity index (χ4n) is 3.75. The maximum atomic E-state index is 13.0. The number of piperidine rings is 1. The van der Waals surface area contributed by atoms with Gasteiger partial charge in [-0.2, -0.15) is 5.10 Å². The van der Waals surface area contributed by atoms with Crippen LogP contribution in [0, 0.1) is 6.92 Å². The van der Waals surface area contributed by atoms with Crippen LogP contribution in [-0.2, 0) is 5.60 Å². The number of likely N-dealkylation sites (tertiary alicyclic amines) is 1. The zero-order valence-corrected chi connectivity index (χ0v) is 16.4. The standard InChI is InChI=1S/C22H22ClN3O2/c1-16-20(15-24-26(16)19-5-3-2-4-6-19)21(27)25-13-11-22(28,12-14-25)17-7-9-18(23)10-8-17/h2-10,15,28H,11-14H2,1H3. The molecule has 0 bridgehead atoms. The molecule has 0 atom stereocenters. The molecule has 4 rings (SSSR count). The van der Waals surface area contributed by atoms with Crippen molar-refractivity contribution in [2.75, 3.05) is 13.1 Å². The minimum Gasteiger partial charge on any atom is -0.385 e. The Bertz CT molecular complexity index is 975. The van der Waals surface area contributed by atoms with Crippen molar-refractivity contribution < 1.29 is 9.90 Å². The summed E-state index contributed by atoms with van der Waals surface area (Å²) in [5.74, 6) is -0.0437. The number of carbonyl (C=O) groups excluding carboxylic acids is 1. The molecule has 1 amide bonds. The Kier molecular flexibility index (Phi) is 4.96. The van der Waals surface area contributed by atoms with Gasteiger partial charge in [0.05, 0.1) is 28.7 Å². The fraction of sp³-hybridized carbons (Fsp3) is 0.273. The van der Waals surface area contributed by atoms with Gasteiger partial charge < -0.3 is 10.0 Å². The van der Waals surface area contributed by atoms with E-state index in [4.69, 9.17) is 11.6 Å². The van der Waals surface area contributed by atoms with Gasteiger partial charge in [-0.1, -0.05) is 41.9 Å². The SMILES string of the molecule is Cc1c(C(=O)N2CCC(O)(c3ccc(Cl)cc3)CC2)cnn1-c1ccccc1. The summed E-state index contributed by atoms with van der Waals surface area (Å²) in [5.41, 5.74) is 2.26. The molecule has 0 unspecified atom stereocenters.